The quantitative estimate of drug-likeness (QED) is 0.753. The Morgan fingerprint density at radius 2 is 1.81 bits per heavy atom. The van der Waals surface area contributed by atoms with E-state index < -0.39 is 0 Å². The third kappa shape index (κ3) is 2.74. The van der Waals surface area contributed by atoms with Gasteiger partial charge in [-0.1, -0.05) is 0 Å². The maximum Gasteiger partial charge on any atom is 0.163 e. The lowest BCUT2D eigenvalue weighted by Crippen LogP contribution is -2.00. The highest BCUT2D eigenvalue weighted by Crippen LogP contribution is 2.31. The number of nitrogens with one attached hydrogen (secondary N) is 2. The minimum atomic E-state index is 0.601. The number of methoxy groups -OCH3 is 2. The first-order chi connectivity index (χ1) is 10.3. The number of fused-ring (bicyclic) bond motifs is 1. The Balaban J connectivity index is 1.84. The Labute approximate surface area is 122 Å². The zero-order chi connectivity index (χ0) is 14.7. The van der Waals surface area contributed by atoms with E-state index in [-0.39, 0.29) is 0 Å². The number of H-pyrrole nitrogens is 1. The van der Waals surface area contributed by atoms with E-state index in [2.05, 4.69) is 20.3 Å². The maximum atomic E-state index is 5.29. The first kappa shape index (κ1) is 13.2. The minimum Gasteiger partial charge on any atom is -0.493 e. The molecule has 1 aromatic carbocycles. The van der Waals surface area contributed by atoms with Crippen molar-refractivity contribution in [3.05, 3.63) is 42.5 Å². The van der Waals surface area contributed by atoms with Gasteiger partial charge in [-0.05, 0) is 12.1 Å². The molecule has 0 aliphatic rings. The van der Waals surface area contributed by atoms with Crippen molar-refractivity contribution in [2.45, 2.75) is 6.54 Å². The molecule has 21 heavy (non-hydrogen) atoms. The lowest BCUT2D eigenvalue weighted by molar-refractivity contribution is 0.356. The van der Waals surface area contributed by atoms with Gasteiger partial charge < -0.3 is 19.8 Å². The Morgan fingerprint density at radius 3 is 2.52 bits per heavy atom. The van der Waals surface area contributed by atoms with Gasteiger partial charge in [0.25, 0.3) is 0 Å². The molecule has 0 amide bonds. The molecule has 0 aliphatic carbocycles. The van der Waals surface area contributed by atoms with Crippen LogP contribution in [0, 0.1) is 0 Å². The monoisotopic (exact) mass is 284 g/mol. The number of benzene rings is 1. The van der Waals surface area contributed by atoms with Gasteiger partial charge in [-0.25, -0.2) is 4.98 Å². The zero-order valence-electron chi connectivity index (χ0n) is 11.9. The summed E-state index contributed by atoms with van der Waals surface area (Å²) >= 11 is 0. The van der Waals surface area contributed by atoms with Crippen molar-refractivity contribution < 1.29 is 9.47 Å². The van der Waals surface area contributed by atoms with Crippen molar-refractivity contribution in [2.75, 3.05) is 19.5 Å². The minimum absolute atomic E-state index is 0.601. The third-order valence-corrected chi connectivity index (χ3v) is 3.18. The van der Waals surface area contributed by atoms with Crippen molar-refractivity contribution >= 4 is 16.7 Å². The number of nitrogens with zero attached hydrogens (tertiary/aromatic N) is 2. The fourth-order valence-corrected chi connectivity index (χ4v) is 2.13. The normalized spacial score (nSPS) is 10.6. The molecule has 0 saturated heterocycles. The Hall–Kier alpha value is -2.76. The summed E-state index contributed by atoms with van der Waals surface area (Å²) in [5.41, 5.74) is 2.76. The predicted octanol–water partition coefficient (Wildman–Crippen LogP) is 2.59. The molecule has 0 aliphatic heterocycles. The van der Waals surface area contributed by atoms with Crippen LogP contribution in [-0.4, -0.2) is 29.2 Å². The lowest BCUT2D eigenvalue weighted by atomic mass is 10.3. The van der Waals surface area contributed by atoms with Crippen LogP contribution in [0.25, 0.3) is 11.0 Å². The van der Waals surface area contributed by atoms with E-state index in [1.807, 2.05) is 24.3 Å². The molecule has 2 heterocycles. The van der Waals surface area contributed by atoms with Gasteiger partial charge in [-0.15, -0.1) is 0 Å². The van der Waals surface area contributed by atoms with E-state index >= 15 is 0 Å². The molecule has 0 fully saturated rings. The van der Waals surface area contributed by atoms with Crippen molar-refractivity contribution in [2.24, 2.45) is 0 Å². The van der Waals surface area contributed by atoms with Crippen LogP contribution < -0.4 is 14.8 Å². The first-order valence-corrected chi connectivity index (χ1v) is 6.54. The first-order valence-electron chi connectivity index (χ1n) is 6.54. The van der Waals surface area contributed by atoms with Crippen LogP contribution in [0.1, 0.15) is 5.82 Å². The van der Waals surface area contributed by atoms with E-state index in [0.29, 0.717) is 18.0 Å². The molecule has 0 saturated carbocycles. The SMILES string of the molecule is COc1cc2nc(CNc3ccncc3)[nH]c2cc1OC. The molecule has 6 heteroatoms. The molecule has 2 aromatic heterocycles. The average molecular weight is 284 g/mol. The number of pyridine rings is 1. The summed E-state index contributed by atoms with van der Waals surface area (Å²) in [6.45, 7) is 0.601. The fraction of sp³-hybridized carbons (Fsp3) is 0.200. The summed E-state index contributed by atoms with van der Waals surface area (Å²) in [4.78, 5) is 11.8. The maximum absolute atomic E-state index is 5.29. The van der Waals surface area contributed by atoms with E-state index in [9.17, 15) is 0 Å². The highest BCUT2D eigenvalue weighted by atomic mass is 16.5. The summed E-state index contributed by atoms with van der Waals surface area (Å²) in [6.07, 6.45) is 3.49. The molecule has 108 valence electrons. The molecule has 0 bridgehead atoms. The number of anilines is 1. The number of hydrogen-bond acceptors (Lipinski definition) is 5. The molecular weight excluding hydrogens is 268 g/mol. The summed E-state index contributed by atoms with van der Waals surface area (Å²) < 4.78 is 10.6. The second-order valence-corrected chi connectivity index (χ2v) is 4.50. The Bertz CT molecular complexity index is 699. The van der Waals surface area contributed by atoms with Crippen molar-refractivity contribution in [3.63, 3.8) is 0 Å². The largest absolute Gasteiger partial charge is 0.493 e. The lowest BCUT2D eigenvalue weighted by Gasteiger charge is -2.06. The summed E-state index contributed by atoms with van der Waals surface area (Å²) in [5, 5.41) is 3.28. The molecule has 0 unspecified atom stereocenters. The standard InChI is InChI=1S/C15H16N4O2/c1-20-13-7-11-12(8-14(13)21-2)19-15(18-11)9-17-10-3-5-16-6-4-10/h3-8H,9H2,1-2H3,(H,16,17)(H,18,19). The van der Waals surface area contributed by atoms with Crippen molar-refractivity contribution in [1.29, 1.82) is 0 Å². The van der Waals surface area contributed by atoms with Gasteiger partial charge in [0.15, 0.2) is 11.5 Å². The van der Waals surface area contributed by atoms with E-state index in [4.69, 9.17) is 9.47 Å². The molecule has 3 rings (SSSR count). The van der Waals surface area contributed by atoms with E-state index in [1.54, 1.807) is 26.6 Å². The van der Waals surface area contributed by atoms with Gasteiger partial charge in [0, 0.05) is 30.2 Å². The molecule has 0 spiro atoms. The van der Waals surface area contributed by atoms with Crippen LogP contribution in [0.15, 0.2) is 36.7 Å². The average Bonchev–Trinajstić information content (AvgIpc) is 2.94. The van der Waals surface area contributed by atoms with Crippen molar-refractivity contribution in [1.82, 2.24) is 15.0 Å². The molecule has 0 atom stereocenters. The number of hydrogen-bond donors (Lipinski definition) is 2. The van der Waals surface area contributed by atoms with Crippen LogP contribution in [-0.2, 0) is 6.54 Å². The van der Waals surface area contributed by atoms with Gasteiger partial charge >= 0.3 is 0 Å². The fourth-order valence-electron chi connectivity index (χ4n) is 2.13. The topological polar surface area (TPSA) is 72.1 Å². The summed E-state index contributed by atoms with van der Waals surface area (Å²) in [5.74, 6) is 2.20. The van der Waals surface area contributed by atoms with E-state index in [1.165, 1.54) is 0 Å². The molecule has 3 aromatic rings. The molecule has 0 radical (unpaired) electrons. The number of aromatic amines is 1. The number of imidazole rings is 1. The third-order valence-electron chi connectivity index (χ3n) is 3.18. The smallest absolute Gasteiger partial charge is 0.163 e. The van der Waals surface area contributed by atoms with Crippen LogP contribution in [0.3, 0.4) is 0 Å². The predicted molar refractivity (Wildman–Crippen MR) is 80.8 cm³/mol. The second kappa shape index (κ2) is 5.70. The number of rotatable bonds is 5. The Kier molecular flexibility index (Phi) is 3.59. The number of aromatic nitrogens is 3. The van der Waals surface area contributed by atoms with Gasteiger partial charge in [-0.3, -0.25) is 4.98 Å². The van der Waals surface area contributed by atoms with Gasteiger partial charge in [-0.2, -0.15) is 0 Å². The van der Waals surface area contributed by atoms with Crippen LogP contribution in [0.5, 0.6) is 11.5 Å². The van der Waals surface area contributed by atoms with Crippen LogP contribution in [0.4, 0.5) is 5.69 Å². The molecular formula is C15H16N4O2. The van der Waals surface area contributed by atoms with Crippen molar-refractivity contribution in [3.8, 4) is 11.5 Å². The zero-order valence-corrected chi connectivity index (χ0v) is 11.9. The number of ether oxygens (including phenoxy) is 2. The van der Waals surface area contributed by atoms with E-state index in [0.717, 1.165) is 22.5 Å². The van der Waals surface area contributed by atoms with Crippen LogP contribution in [0.2, 0.25) is 0 Å². The molecule has 6 nitrogen and oxygen atoms in total. The highest BCUT2D eigenvalue weighted by molar-refractivity contribution is 5.79. The van der Waals surface area contributed by atoms with Gasteiger partial charge in [0.2, 0.25) is 0 Å². The van der Waals surface area contributed by atoms with Gasteiger partial charge in [0.1, 0.15) is 5.82 Å². The van der Waals surface area contributed by atoms with Gasteiger partial charge in [0.05, 0.1) is 31.8 Å². The Morgan fingerprint density at radius 1 is 1.10 bits per heavy atom. The summed E-state index contributed by atoms with van der Waals surface area (Å²) in [7, 11) is 3.23. The van der Waals surface area contributed by atoms with Crippen LogP contribution >= 0.6 is 0 Å². The summed E-state index contributed by atoms with van der Waals surface area (Å²) in [6, 6.07) is 7.57. The second-order valence-electron chi connectivity index (χ2n) is 4.50. The highest BCUT2D eigenvalue weighted by Gasteiger charge is 2.09. The molecule has 2 N–H and O–H groups in total.